The van der Waals surface area contributed by atoms with Gasteiger partial charge in [-0.15, -0.1) is 0 Å². The van der Waals surface area contributed by atoms with Gasteiger partial charge in [0.2, 0.25) is 0 Å². The van der Waals surface area contributed by atoms with E-state index in [0.29, 0.717) is 11.4 Å². The molecule has 0 saturated carbocycles. The predicted molar refractivity (Wildman–Crippen MR) is 67.7 cm³/mol. The van der Waals surface area contributed by atoms with Gasteiger partial charge in [0.15, 0.2) is 0 Å². The summed E-state index contributed by atoms with van der Waals surface area (Å²) in [7, 11) is 1.69. The van der Waals surface area contributed by atoms with Crippen molar-refractivity contribution in [1.29, 1.82) is 0 Å². The van der Waals surface area contributed by atoms with Crippen molar-refractivity contribution >= 4 is 11.7 Å². The van der Waals surface area contributed by atoms with Gasteiger partial charge in [-0.1, -0.05) is 6.07 Å². The van der Waals surface area contributed by atoms with Gasteiger partial charge in [-0.2, -0.15) is 5.10 Å². The van der Waals surface area contributed by atoms with Crippen LogP contribution in [0.1, 0.15) is 29.0 Å². The van der Waals surface area contributed by atoms with Gasteiger partial charge in [0.25, 0.3) is 5.91 Å². The molecule has 0 aromatic carbocycles. The summed E-state index contributed by atoms with van der Waals surface area (Å²) in [6.45, 7) is 1.87. The van der Waals surface area contributed by atoms with E-state index in [9.17, 15) is 4.79 Å². The highest BCUT2D eigenvalue weighted by Gasteiger charge is 2.16. The number of pyridine rings is 1. The second-order valence-electron chi connectivity index (χ2n) is 4.02. The second kappa shape index (κ2) is 4.87. The molecule has 0 spiro atoms. The Labute approximate surface area is 105 Å². The summed E-state index contributed by atoms with van der Waals surface area (Å²) < 4.78 is 1.46. The van der Waals surface area contributed by atoms with Gasteiger partial charge in [0.05, 0.1) is 17.9 Å². The van der Waals surface area contributed by atoms with Crippen LogP contribution in [0.15, 0.2) is 30.6 Å². The Bertz CT molecular complexity index is 549. The molecule has 94 valence electrons. The Hall–Kier alpha value is -2.37. The maximum absolute atomic E-state index is 12.0. The lowest BCUT2D eigenvalue weighted by Crippen LogP contribution is -2.27. The zero-order valence-corrected chi connectivity index (χ0v) is 10.3. The minimum absolute atomic E-state index is 0.182. The Morgan fingerprint density at radius 2 is 2.28 bits per heavy atom. The Morgan fingerprint density at radius 1 is 1.50 bits per heavy atom. The van der Waals surface area contributed by atoms with Gasteiger partial charge in [-0.05, 0) is 19.1 Å². The smallest absolute Gasteiger partial charge is 0.257 e. The van der Waals surface area contributed by atoms with Crippen LogP contribution in [0.2, 0.25) is 0 Å². The average Bonchev–Trinajstić information content (AvgIpc) is 2.71. The molecule has 2 heterocycles. The fourth-order valence-electron chi connectivity index (χ4n) is 1.60. The van der Waals surface area contributed by atoms with Gasteiger partial charge in [-0.3, -0.25) is 14.5 Å². The normalized spacial score (nSPS) is 12.1. The molecule has 6 heteroatoms. The first-order valence-corrected chi connectivity index (χ1v) is 5.59. The summed E-state index contributed by atoms with van der Waals surface area (Å²) >= 11 is 0. The molecule has 0 radical (unpaired) electrons. The van der Waals surface area contributed by atoms with Gasteiger partial charge < -0.3 is 11.1 Å². The zero-order chi connectivity index (χ0) is 13.1. The van der Waals surface area contributed by atoms with E-state index in [1.807, 2.05) is 25.1 Å². The summed E-state index contributed by atoms with van der Waals surface area (Å²) in [4.78, 5) is 16.2. The van der Waals surface area contributed by atoms with Gasteiger partial charge in [0, 0.05) is 13.2 Å². The van der Waals surface area contributed by atoms with Gasteiger partial charge >= 0.3 is 0 Å². The molecule has 0 fully saturated rings. The molecular formula is C12H15N5O. The van der Waals surface area contributed by atoms with E-state index in [-0.39, 0.29) is 11.9 Å². The Kier molecular flexibility index (Phi) is 3.27. The number of nitrogens with one attached hydrogen (secondary N) is 1. The lowest BCUT2D eigenvalue weighted by atomic mass is 10.2. The number of nitrogens with zero attached hydrogens (tertiary/aromatic N) is 3. The van der Waals surface area contributed by atoms with Crippen LogP contribution >= 0.6 is 0 Å². The molecule has 0 saturated heterocycles. The number of amides is 1. The molecule has 3 N–H and O–H groups in total. The number of nitrogen functional groups attached to an aromatic ring is 1. The standard InChI is InChI=1S/C12H15N5O/c1-8(10-5-3-4-6-14-10)16-12(18)9-7-15-17(2)11(9)13/h3-8H,13H2,1-2H3,(H,16,18). The average molecular weight is 245 g/mol. The van der Waals surface area contributed by atoms with Crippen molar-refractivity contribution in [3.05, 3.63) is 41.9 Å². The van der Waals surface area contributed by atoms with Crippen LogP contribution in [0.5, 0.6) is 0 Å². The van der Waals surface area contributed by atoms with Crippen molar-refractivity contribution in [3.63, 3.8) is 0 Å². The van der Waals surface area contributed by atoms with Crippen LogP contribution in [0, 0.1) is 0 Å². The maximum Gasteiger partial charge on any atom is 0.257 e. The van der Waals surface area contributed by atoms with Crippen molar-refractivity contribution in [2.45, 2.75) is 13.0 Å². The molecular weight excluding hydrogens is 230 g/mol. The number of nitrogens with two attached hydrogens (primary N) is 1. The molecule has 1 amide bonds. The minimum atomic E-state index is -0.251. The van der Waals surface area contributed by atoms with Crippen LogP contribution in [-0.4, -0.2) is 20.7 Å². The molecule has 2 aromatic rings. The summed E-state index contributed by atoms with van der Waals surface area (Å²) in [6.07, 6.45) is 3.15. The highest BCUT2D eigenvalue weighted by atomic mass is 16.1. The van der Waals surface area contributed by atoms with Gasteiger partial charge in [0.1, 0.15) is 11.4 Å². The SMILES string of the molecule is CC(NC(=O)c1cnn(C)c1N)c1ccccn1. The number of carbonyl (C=O) groups is 1. The molecule has 0 aliphatic carbocycles. The maximum atomic E-state index is 12.0. The summed E-state index contributed by atoms with van der Waals surface area (Å²) in [5, 5.41) is 6.76. The molecule has 1 unspecified atom stereocenters. The Balaban J connectivity index is 2.11. The summed E-state index contributed by atoms with van der Waals surface area (Å²) in [5.74, 6) is 0.0967. The van der Waals surface area contributed by atoms with Crippen LogP contribution in [0.25, 0.3) is 0 Å². The Morgan fingerprint density at radius 3 is 2.83 bits per heavy atom. The third-order valence-corrected chi connectivity index (χ3v) is 2.71. The first-order valence-electron chi connectivity index (χ1n) is 5.59. The van der Waals surface area contributed by atoms with Crippen molar-refractivity contribution < 1.29 is 4.79 Å². The number of aromatic nitrogens is 3. The number of hydrogen-bond donors (Lipinski definition) is 2. The van der Waals surface area contributed by atoms with Crippen molar-refractivity contribution in [1.82, 2.24) is 20.1 Å². The number of anilines is 1. The van der Waals surface area contributed by atoms with Crippen molar-refractivity contribution in [2.75, 3.05) is 5.73 Å². The zero-order valence-electron chi connectivity index (χ0n) is 10.3. The largest absolute Gasteiger partial charge is 0.383 e. The van der Waals surface area contributed by atoms with E-state index in [1.165, 1.54) is 10.9 Å². The predicted octanol–water partition coefficient (Wildman–Crippen LogP) is 0.888. The molecule has 1 atom stereocenters. The lowest BCUT2D eigenvalue weighted by molar-refractivity contribution is 0.0940. The van der Waals surface area contributed by atoms with Crippen LogP contribution in [0.3, 0.4) is 0 Å². The molecule has 18 heavy (non-hydrogen) atoms. The number of hydrogen-bond acceptors (Lipinski definition) is 4. The first kappa shape index (κ1) is 12.1. The third-order valence-electron chi connectivity index (χ3n) is 2.71. The molecule has 0 bridgehead atoms. The quantitative estimate of drug-likeness (QED) is 0.840. The summed E-state index contributed by atoms with van der Waals surface area (Å²) in [5.41, 5.74) is 6.92. The van der Waals surface area contributed by atoms with Crippen LogP contribution in [0.4, 0.5) is 5.82 Å². The molecule has 6 nitrogen and oxygen atoms in total. The van der Waals surface area contributed by atoms with E-state index in [2.05, 4.69) is 15.4 Å². The first-order chi connectivity index (χ1) is 8.59. The van der Waals surface area contributed by atoms with E-state index >= 15 is 0 Å². The molecule has 2 rings (SSSR count). The monoisotopic (exact) mass is 245 g/mol. The highest BCUT2D eigenvalue weighted by Crippen LogP contribution is 2.13. The third kappa shape index (κ3) is 2.32. The van der Waals surface area contributed by atoms with Crippen LogP contribution in [-0.2, 0) is 7.05 Å². The number of rotatable bonds is 3. The van der Waals surface area contributed by atoms with E-state index in [1.54, 1.807) is 13.2 Å². The second-order valence-corrected chi connectivity index (χ2v) is 4.02. The minimum Gasteiger partial charge on any atom is -0.383 e. The summed E-state index contributed by atoms with van der Waals surface area (Å²) in [6, 6.07) is 5.39. The lowest BCUT2D eigenvalue weighted by Gasteiger charge is -2.12. The number of aryl methyl sites for hydroxylation is 1. The fraction of sp³-hybridized carbons (Fsp3) is 0.250. The van der Waals surface area contributed by atoms with E-state index < -0.39 is 0 Å². The van der Waals surface area contributed by atoms with E-state index in [4.69, 9.17) is 5.73 Å². The fourth-order valence-corrected chi connectivity index (χ4v) is 1.60. The molecule has 0 aliphatic rings. The van der Waals surface area contributed by atoms with Gasteiger partial charge in [-0.25, -0.2) is 0 Å². The topological polar surface area (TPSA) is 85.8 Å². The number of carbonyl (C=O) groups excluding carboxylic acids is 1. The van der Waals surface area contributed by atoms with Crippen molar-refractivity contribution in [3.8, 4) is 0 Å². The van der Waals surface area contributed by atoms with Crippen molar-refractivity contribution in [2.24, 2.45) is 7.05 Å². The van der Waals surface area contributed by atoms with Crippen LogP contribution < -0.4 is 11.1 Å². The van der Waals surface area contributed by atoms with E-state index in [0.717, 1.165) is 5.69 Å². The highest BCUT2D eigenvalue weighted by molar-refractivity contribution is 5.98. The molecule has 2 aromatic heterocycles. The molecule has 0 aliphatic heterocycles.